The third-order valence-electron chi connectivity index (χ3n) is 5.79. The van der Waals surface area contributed by atoms with Gasteiger partial charge in [-0.15, -0.1) is 0 Å². The van der Waals surface area contributed by atoms with Crippen LogP contribution in [0.2, 0.25) is 0 Å². The van der Waals surface area contributed by atoms with Crippen molar-refractivity contribution >= 4 is 23.6 Å². The number of benzene rings is 1. The number of hydrogen-bond donors (Lipinski definition) is 3. The van der Waals surface area contributed by atoms with Crippen LogP contribution in [0.3, 0.4) is 0 Å². The summed E-state index contributed by atoms with van der Waals surface area (Å²) in [5.74, 6) is 0.237. The van der Waals surface area contributed by atoms with Gasteiger partial charge in [0.05, 0.1) is 56.8 Å². The zero-order valence-electron chi connectivity index (χ0n) is 19.7. The molecule has 12 heteroatoms. The maximum Gasteiger partial charge on any atom is 0.410 e. The fraction of sp³-hybridized carbons (Fsp3) is 0.478. The van der Waals surface area contributed by atoms with E-state index in [1.807, 2.05) is 6.92 Å². The van der Waals surface area contributed by atoms with Gasteiger partial charge in [-0.1, -0.05) is 0 Å². The Bertz CT molecular complexity index is 1100. The summed E-state index contributed by atoms with van der Waals surface area (Å²) in [6.45, 7) is 6.14. The summed E-state index contributed by atoms with van der Waals surface area (Å²) in [6.07, 6.45) is -0.436. The summed E-state index contributed by atoms with van der Waals surface area (Å²) >= 11 is 0. The second kappa shape index (κ2) is 10.8. The van der Waals surface area contributed by atoms with Crippen LogP contribution in [0.1, 0.15) is 25.1 Å². The minimum Gasteiger partial charge on any atom is -0.450 e. The normalized spacial score (nSPS) is 17.2. The van der Waals surface area contributed by atoms with Crippen LogP contribution >= 0.6 is 0 Å². The van der Waals surface area contributed by atoms with Gasteiger partial charge >= 0.3 is 12.1 Å². The van der Waals surface area contributed by atoms with Crippen LogP contribution in [0.25, 0.3) is 11.4 Å². The van der Waals surface area contributed by atoms with E-state index in [1.165, 1.54) is 12.1 Å². The van der Waals surface area contributed by atoms with Gasteiger partial charge in [0.25, 0.3) is 0 Å². The summed E-state index contributed by atoms with van der Waals surface area (Å²) < 4.78 is 25.9. The number of fused-ring (bicyclic) bond motifs is 1. The van der Waals surface area contributed by atoms with Crippen molar-refractivity contribution in [2.45, 2.75) is 33.0 Å². The first-order valence-electron chi connectivity index (χ1n) is 11.5. The molecule has 0 radical (unpaired) electrons. The minimum atomic E-state index is -0.605. The van der Waals surface area contributed by atoms with Crippen LogP contribution in [0.15, 0.2) is 18.2 Å². The van der Waals surface area contributed by atoms with Crippen LogP contribution in [0.4, 0.5) is 25.5 Å². The van der Waals surface area contributed by atoms with Crippen molar-refractivity contribution < 1.29 is 28.6 Å². The number of anilines is 2. The number of aromatic nitrogens is 2. The van der Waals surface area contributed by atoms with E-state index in [0.29, 0.717) is 37.8 Å². The number of halogens is 1. The molecule has 3 N–H and O–H groups in total. The fourth-order valence-electron chi connectivity index (χ4n) is 4.10. The van der Waals surface area contributed by atoms with Crippen LogP contribution in [-0.4, -0.2) is 77.7 Å². The van der Waals surface area contributed by atoms with Crippen molar-refractivity contribution in [1.82, 2.24) is 20.2 Å². The predicted octanol–water partition coefficient (Wildman–Crippen LogP) is 2.09. The topological polar surface area (TPSA) is 129 Å². The van der Waals surface area contributed by atoms with Gasteiger partial charge in [-0.2, -0.15) is 0 Å². The Morgan fingerprint density at radius 3 is 2.86 bits per heavy atom. The van der Waals surface area contributed by atoms with Crippen molar-refractivity contribution in [3.63, 3.8) is 0 Å². The molecule has 2 aliphatic rings. The standard InChI is InChI=1S/C23H29FN6O5/c1-3-35-23(33)29-11-17-19(12-29)27-20(28-21(17)30-7-9-34-13-14(30)2)16-5-4-15(10-18(16)24)26-22(32)25-6-8-31/h4-5,10,14,31H,3,6-9,11-13H2,1-2H3,(H2,25,26,32)/t14-/m0/s1. The zero-order valence-corrected chi connectivity index (χ0v) is 19.7. The van der Waals surface area contributed by atoms with Gasteiger partial charge < -0.3 is 30.1 Å². The molecule has 2 aromatic rings. The molecule has 4 rings (SSSR count). The quantitative estimate of drug-likeness (QED) is 0.564. The maximum absolute atomic E-state index is 15.1. The number of aliphatic hydroxyl groups is 1. The second-order valence-corrected chi connectivity index (χ2v) is 8.27. The third kappa shape index (κ3) is 5.43. The summed E-state index contributed by atoms with van der Waals surface area (Å²) in [7, 11) is 0. The molecule has 0 aliphatic carbocycles. The molecule has 1 aromatic heterocycles. The SMILES string of the molecule is CCOC(=O)N1Cc2nc(-c3ccc(NC(=O)NCCO)cc3F)nc(N3CCOC[C@@H]3C)c2C1. The van der Waals surface area contributed by atoms with Crippen LogP contribution in [-0.2, 0) is 22.6 Å². The third-order valence-corrected chi connectivity index (χ3v) is 5.79. The van der Waals surface area contributed by atoms with E-state index in [2.05, 4.69) is 20.5 Å². The van der Waals surface area contributed by atoms with Crippen molar-refractivity contribution in [1.29, 1.82) is 0 Å². The number of hydrogen-bond acceptors (Lipinski definition) is 8. The summed E-state index contributed by atoms with van der Waals surface area (Å²) in [6, 6.07) is 3.73. The van der Waals surface area contributed by atoms with Crippen LogP contribution < -0.4 is 15.5 Å². The highest BCUT2D eigenvalue weighted by molar-refractivity contribution is 5.89. The predicted molar refractivity (Wildman–Crippen MR) is 125 cm³/mol. The minimum absolute atomic E-state index is 0.0427. The summed E-state index contributed by atoms with van der Waals surface area (Å²) in [4.78, 5) is 37.2. The van der Waals surface area contributed by atoms with Gasteiger partial charge in [0.15, 0.2) is 5.82 Å². The summed E-state index contributed by atoms with van der Waals surface area (Å²) in [5.41, 5.74) is 1.88. The first-order chi connectivity index (χ1) is 16.9. The number of rotatable bonds is 6. The van der Waals surface area contributed by atoms with Gasteiger partial charge in [0.2, 0.25) is 0 Å². The van der Waals surface area contributed by atoms with E-state index in [9.17, 15) is 9.59 Å². The van der Waals surface area contributed by atoms with E-state index in [4.69, 9.17) is 19.6 Å². The molecular weight excluding hydrogens is 459 g/mol. The lowest BCUT2D eigenvalue weighted by molar-refractivity contribution is 0.0980. The Hall–Kier alpha value is -3.51. The Morgan fingerprint density at radius 2 is 2.14 bits per heavy atom. The second-order valence-electron chi connectivity index (χ2n) is 8.27. The molecule has 2 aliphatic heterocycles. The molecule has 35 heavy (non-hydrogen) atoms. The Balaban J connectivity index is 1.67. The first kappa shape index (κ1) is 24.6. The number of ether oxygens (including phenoxy) is 2. The van der Waals surface area contributed by atoms with E-state index >= 15 is 4.39 Å². The van der Waals surface area contributed by atoms with E-state index < -0.39 is 17.9 Å². The average Bonchev–Trinajstić information content (AvgIpc) is 3.27. The Morgan fingerprint density at radius 1 is 1.31 bits per heavy atom. The van der Waals surface area contributed by atoms with Gasteiger partial charge in [-0.3, -0.25) is 4.90 Å². The smallest absolute Gasteiger partial charge is 0.410 e. The molecule has 3 heterocycles. The highest BCUT2D eigenvalue weighted by atomic mass is 19.1. The molecule has 1 fully saturated rings. The maximum atomic E-state index is 15.1. The number of carbonyl (C=O) groups is 2. The zero-order chi connectivity index (χ0) is 24.9. The molecule has 0 unspecified atom stereocenters. The highest BCUT2D eigenvalue weighted by Crippen LogP contribution is 2.34. The molecule has 188 valence electrons. The number of urea groups is 1. The molecule has 0 bridgehead atoms. The van der Waals surface area contributed by atoms with Crippen molar-refractivity contribution in [2.75, 3.05) is 49.7 Å². The van der Waals surface area contributed by atoms with Crippen molar-refractivity contribution in [3.8, 4) is 11.4 Å². The van der Waals surface area contributed by atoms with Crippen LogP contribution in [0, 0.1) is 5.82 Å². The molecular formula is C23H29FN6O5. The Kier molecular flexibility index (Phi) is 7.61. The number of amides is 3. The molecule has 1 atom stereocenters. The first-order valence-corrected chi connectivity index (χ1v) is 11.5. The van der Waals surface area contributed by atoms with Gasteiger partial charge in [0, 0.05) is 24.3 Å². The van der Waals surface area contributed by atoms with Crippen LogP contribution in [0.5, 0.6) is 0 Å². The molecule has 1 aromatic carbocycles. The van der Waals surface area contributed by atoms with E-state index in [0.717, 1.165) is 5.56 Å². The van der Waals surface area contributed by atoms with Gasteiger partial charge in [-0.05, 0) is 32.0 Å². The van der Waals surface area contributed by atoms with E-state index in [-0.39, 0.29) is 49.4 Å². The van der Waals surface area contributed by atoms with Gasteiger partial charge in [0.1, 0.15) is 11.6 Å². The molecule has 0 saturated carbocycles. The Labute approximate surface area is 202 Å². The van der Waals surface area contributed by atoms with Crippen molar-refractivity contribution in [3.05, 3.63) is 35.3 Å². The number of aliphatic hydroxyl groups excluding tert-OH is 1. The molecule has 3 amide bonds. The lowest BCUT2D eigenvalue weighted by atomic mass is 10.1. The molecule has 0 spiro atoms. The van der Waals surface area contributed by atoms with Gasteiger partial charge in [-0.25, -0.2) is 23.9 Å². The molecule has 11 nitrogen and oxygen atoms in total. The largest absolute Gasteiger partial charge is 0.450 e. The number of morpholine rings is 1. The number of nitrogens with zero attached hydrogens (tertiary/aromatic N) is 4. The lowest BCUT2D eigenvalue weighted by Gasteiger charge is -2.35. The highest BCUT2D eigenvalue weighted by Gasteiger charge is 2.33. The number of carbonyl (C=O) groups excluding carboxylic acids is 2. The summed E-state index contributed by atoms with van der Waals surface area (Å²) in [5, 5.41) is 13.8. The monoisotopic (exact) mass is 488 g/mol. The average molecular weight is 489 g/mol. The number of nitrogens with one attached hydrogen (secondary N) is 2. The van der Waals surface area contributed by atoms with E-state index in [1.54, 1.807) is 17.9 Å². The lowest BCUT2D eigenvalue weighted by Crippen LogP contribution is -2.44. The molecule has 1 saturated heterocycles. The fourth-order valence-corrected chi connectivity index (χ4v) is 4.10. The van der Waals surface area contributed by atoms with Crippen molar-refractivity contribution in [2.24, 2.45) is 0 Å².